The molecule has 0 saturated carbocycles. The molecule has 5 nitrogen and oxygen atoms in total. The fraction of sp³-hybridized carbons (Fsp3) is 0.550. The van der Waals surface area contributed by atoms with Crippen molar-refractivity contribution in [3.05, 3.63) is 35.4 Å². The number of carbonyl (C=O) groups excluding carboxylic acids is 1. The molecule has 1 amide bonds. The average Bonchev–Trinajstić information content (AvgIpc) is 3.04. The highest BCUT2D eigenvalue weighted by Gasteiger charge is 2.36. The molecule has 1 aromatic rings. The molecule has 0 unspecified atom stereocenters. The second-order valence-electron chi connectivity index (χ2n) is 7.08. The van der Waals surface area contributed by atoms with Crippen molar-refractivity contribution in [2.24, 2.45) is 17.6 Å². The fourth-order valence-corrected chi connectivity index (χ4v) is 3.82. The maximum absolute atomic E-state index is 12.9. The molecule has 0 bridgehead atoms. The SMILES string of the molecule is COc1ccc(C(=O)N2C[C@H]3CC(C)=CC[C@H]3C2)cc1OCCCN. The van der Waals surface area contributed by atoms with Gasteiger partial charge in [0, 0.05) is 18.7 Å². The molecule has 2 aliphatic rings. The quantitative estimate of drug-likeness (QED) is 0.637. The van der Waals surface area contributed by atoms with Crippen LogP contribution in [0.25, 0.3) is 0 Å². The lowest BCUT2D eigenvalue weighted by molar-refractivity contribution is 0.0783. The van der Waals surface area contributed by atoms with E-state index in [1.807, 2.05) is 11.0 Å². The average molecular weight is 344 g/mol. The molecule has 3 rings (SSSR count). The summed E-state index contributed by atoms with van der Waals surface area (Å²) in [5, 5.41) is 0. The van der Waals surface area contributed by atoms with Crippen LogP contribution >= 0.6 is 0 Å². The minimum absolute atomic E-state index is 0.0818. The van der Waals surface area contributed by atoms with Crippen molar-refractivity contribution < 1.29 is 14.3 Å². The molecule has 1 saturated heterocycles. The van der Waals surface area contributed by atoms with Crippen LogP contribution in [0, 0.1) is 11.8 Å². The van der Waals surface area contributed by atoms with Crippen molar-refractivity contribution in [3.63, 3.8) is 0 Å². The van der Waals surface area contributed by atoms with Crippen molar-refractivity contribution in [1.82, 2.24) is 4.90 Å². The van der Waals surface area contributed by atoms with E-state index in [9.17, 15) is 4.79 Å². The van der Waals surface area contributed by atoms with Crippen molar-refractivity contribution >= 4 is 5.91 Å². The fourth-order valence-electron chi connectivity index (χ4n) is 3.82. The Balaban J connectivity index is 1.71. The molecule has 1 heterocycles. The molecule has 5 heteroatoms. The van der Waals surface area contributed by atoms with E-state index in [0.29, 0.717) is 42.0 Å². The highest BCUT2D eigenvalue weighted by atomic mass is 16.5. The Hall–Kier alpha value is -2.01. The first-order valence-electron chi connectivity index (χ1n) is 9.08. The number of hydrogen-bond acceptors (Lipinski definition) is 4. The van der Waals surface area contributed by atoms with Crippen LogP contribution < -0.4 is 15.2 Å². The van der Waals surface area contributed by atoms with E-state index in [-0.39, 0.29) is 5.91 Å². The molecule has 1 aliphatic heterocycles. The number of rotatable bonds is 6. The topological polar surface area (TPSA) is 64.8 Å². The smallest absolute Gasteiger partial charge is 0.254 e. The number of allylic oxidation sites excluding steroid dienone is 2. The van der Waals surface area contributed by atoms with E-state index in [4.69, 9.17) is 15.2 Å². The number of methoxy groups -OCH3 is 1. The first kappa shape index (κ1) is 17.8. The van der Waals surface area contributed by atoms with Gasteiger partial charge in [0.25, 0.3) is 5.91 Å². The van der Waals surface area contributed by atoms with Gasteiger partial charge in [0.1, 0.15) is 0 Å². The molecular formula is C20H28N2O3. The van der Waals surface area contributed by atoms with Gasteiger partial charge in [-0.3, -0.25) is 4.79 Å². The van der Waals surface area contributed by atoms with Gasteiger partial charge in [0.2, 0.25) is 0 Å². The molecule has 0 spiro atoms. The number of carbonyl (C=O) groups is 1. The van der Waals surface area contributed by atoms with Crippen LogP contribution in [-0.2, 0) is 0 Å². The summed E-state index contributed by atoms with van der Waals surface area (Å²) in [6.45, 7) is 4.98. The number of nitrogens with two attached hydrogens (primary N) is 1. The molecule has 1 fully saturated rings. The molecule has 2 atom stereocenters. The van der Waals surface area contributed by atoms with E-state index in [1.165, 1.54) is 5.57 Å². The molecule has 0 aromatic heterocycles. The number of likely N-dealkylation sites (tertiary alicyclic amines) is 1. The normalized spacial score (nSPS) is 22.4. The lowest BCUT2D eigenvalue weighted by atomic mass is 9.83. The molecular weight excluding hydrogens is 316 g/mol. The molecule has 2 N–H and O–H groups in total. The minimum Gasteiger partial charge on any atom is -0.493 e. The van der Waals surface area contributed by atoms with Crippen LogP contribution in [0.15, 0.2) is 29.8 Å². The summed E-state index contributed by atoms with van der Waals surface area (Å²) in [4.78, 5) is 14.9. The third kappa shape index (κ3) is 3.98. The van der Waals surface area contributed by atoms with Crippen molar-refractivity contribution in [2.75, 3.05) is 33.4 Å². The van der Waals surface area contributed by atoms with Gasteiger partial charge in [-0.25, -0.2) is 0 Å². The zero-order valence-electron chi connectivity index (χ0n) is 15.2. The van der Waals surface area contributed by atoms with Gasteiger partial charge in [0.15, 0.2) is 11.5 Å². The zero-order valence-corrected chi connectivity index (χ0v) is 15.2. The predicted molar refractivity (Wildman–Crippen MR) is 98.0 cm³/mol. The Kier molecular flexibility index (Phi) is 5.63. The van der Waals surface area contributed by atoms with Crippen LogP contribution in [0.1, 0.15) is 36.5 Å². The number of nitrogens with zero attached hydrogens (tertiary/aromatic N) is 1. The Labute approximate surface area is 149 Å². The van der Waals surface area contributed by atoms with Gasteiger partial charge < -0.3 is 20.1 Å². The van der Waals surface area contributed by atoms with Crippen LogP contribution in [0.5, 0.6) is 11.5 Å². The maximum Gasteiger partial charge on any atom is 0.254 e. The second-order valence-corrected chi connectivity index (χ2v) is 7.08. The standard InChI is InChI=1S/C20H28N2O3/c1-14-4-5-16-12-22(13-17(16)10-14)20(23)15-6-7-18(24-2)19(11-15)25-9-3-8-21/h4,6-7,11,16-17H,3,5,8-10,12-13,21H2,1-2H3/t16-,17+/m0/s1. The highest BCUT2D eigenvalue weighted by molar-refractivity contribution is 5.95. The van der Waals surface area contributed by atoms with Gasteiger partial charge in [0.05, 0.1) is 13.7 Å². The van der Waals surface area contributed by atoms with E-state index >= 15 is 0 Å². The summed E-state index contributed by atoms with van der Waals surface area (Å²) >= 11 is 0. The number of amides is 1. The Morgan fingerprint density at radius 1 is 1.28 bits per heavy atom. The third-order valence-corrected chi connectivity index (χ3v) is 5.23. The number of hydrogen-bond donors (Lipinski definition) is 1. The van der Waals surface area contributed by atoms with Gasteiger partial charge in [-0.15, -0.1) is 0 Å². The van der Waals surface area contributed by atoms with Crippen molar-refractivity contribution in [1.29, 1.82) is 0 Å². The number of benzene rings is 1. The first-order chi connectivity index (χ1) is 12.1. The van der Waals surface area contributed by atoms with E-state index < -0.39 is 0 Å². The number of fused-ring (bicyclic) bond motifs is 1. The Bertz CT molecular complexity index is 656. The highest BCUT2D eigenvalue weighted by Crippen LogP contribution is 2.37. The lowest BCUT2D eigenvalue weighted by Gasteiger charge is -2.21. The van der Waals surface area contributed by atoms with E-state index in [0.717, 1.165) is 32.4 Å². The largest absolute Gasteiger partial charge is 0.493 e. The summed E-state index contributed by atoms with van der Waals surface area (Å²) in [6.07, 6.45) is 5.30. The summed E-state index contributed by atoms with van der Waals surface area (Å²) in [7, 11) is 1.60. The van der Waals surface area contributed by atoms with Gasteiger partial charge in [-0.2, -0.15) is 0 Å². The van der Waals surface area contributed by atoms with Gasteiger partial charge in [-0.1, -0.05) is 11.6 Å². The van der Waals surface area contributed by atoms with Crippen LogP contribution in [0.4, 0.5) is 0 Å². The lowest BCUT2D eigenvalue weighted by Crippen LogP contribution is -2.29. The van der Waals surface area contributed by atoms with E-state index in [2.05, 4.69) is 13.0 Å². The minimum atomic E-state index is 0.0818. The molecule has 1 aliphatic carbocycles. The second kappa shape index (κ2) is 7.91. The summed E-state index contributed by atoms with van der Waals surface area (Å²) in [6, 6.07) is 5.42. The summed E-state index contributed by atoms with van der Waals surface area (Å²) < 4.78 is 11.1. The molecule has 136 valence electrons. The zero-order chi connectivity index (χ0) is 17.8. The van der Waals surface area contributed by atoms with Crippen molar-refractivity contribution in [2.45, 2.75) is 26.2 Å². The van der Waals surface area contributed by atoms with Crippen LogP contribution in [0.3, 0.4) is 0 Å². The number of ether oxygens (including phenoxy) is 2. The summed E-state index contributed by atoms with van der Waals surface area (Å²) in [5.41, 5.74) is 7.63. The van der Waals surface area contributed by atoms with Gasteiger partial charge >= 0.3 is 0 Å². The first-order valence-corrected chi connectivity index (χ1v) is 9.08. The van der Waals surface area contributed by atoms with Gasteiger partial charge in [-0.05, 0) is 62.8 Å². The van der Waals surface area contributed by atoms with E-state index in [1.54, 1.807) is 19.2 Å². The van der Waals surface area contributed by atoms with Crippen LogP contribution in [-0.4, -0.2) is 44.2 Å². The maximum atomic E-state index is 12.9. The molecule has 0 radical (unpaired) electrons. The van der Waals surface area contributed by atoms with Crippen molar-refractivity contribution in [3.8, 4) is 11.5 Å². The molecule has 25 heavy (non-hydrogen) atoms. The molecule has 1 aromatic carbocycles. The monoisotopic (exact) mass is 344 g/mol. The van der Waals surface area contributed by atoms with Crippen LogP contribution in [0.2, 0.25) is 0 Å². The summed E-state index contributed by atoms with van der Waals surface area (Å²) in [5.74, 6) is 2.54. The Morgan fingerprint density at radius 2 is 2.08 bits per heavy atom. The predicted octanol–water partition coefficient (Wildman–Crippen LogP) is 2.85. The Morgan fingerprint density at radius 3 is 2.84 bits per heavy atom. The third-order valence-electron chi connectivity index (χ3n) is 5.23.